The van der Waals surface area contributed by atoms with Crippen molar-refractivity contribution >= 4 is 11.3 Å². The molecule has 23 heavy (non-hydrogen) atoms. The number of benzene rings is 1. The molecule has 0 saturated carbocycles. The van der Waals surface area contributed by atoms with Gasteiger partial charge in [0.25, 0.3) is 0 Å². The molecule has 5 heteroatoms. The smallest absolute Gasteiger partial charge is 0.216 e. The first-order valence-electron chi connectivity index (χ1n) is 7.59. The lowest BCUT2D eigenvalue weighted by atomic mass is 10.0. The summed E-state index contributed by atoms with van der Waals surface area (Å²) in [6.45, 7) is 2.72. The molecular weight excluding hydrogens is 306 g/mol. The van der Waals surface area contributed by atoms with Gasteiger partial charge < -0.3 is 10.1 Å². The molecule has 0 aliphatic heterocycles. The zero-order valence-electron chi connectivity index (χ0n) is 13.6. The van der Waals surface area contributed by atoms with Crippen LogP contribution in [-0.2, 0) is 13.6 Å². The molecule has 1 N–H and O–H groups in total. The molecule has 1 unspecified atom stereocenters. The minimum atomic E-state index is 0.167. The number of nitrogens with one attached hydrogen (secondary N) is 1. The van der Waals surface area contributed by atoms with Gasteiger partial charge in [0.1, 0.15) is 0 Å². The van der Waals surface area contributed by atoms with Crippen molar-refractivity contribution < 1.29 is 4.74 Å². The zero-order chi connectivity index (χ0) is 16.2. The minimum Gasteiger partial charge on any atom is -0.481 e. The Bertz CT molecular complexity index is 750. The predicted molar refractivity (Wildman–Crippen MR) is 93.9 cm³/mol. The molecule has 1 atom stereocenters. The van der Waals surface area contributed by atoms with E-state index in [1.807, 2.05) is 20.0 Å². The summed E-state index contributed by atoms with van der Waals surface area (Å²) in [4.78, 5) is 1.30. The van der Waals surface area contributed by atoms with E-state index in [0.717, 1.165) is 17.1 Å². The van der Waals surface area contributed by atoms with Crippen LogP contribution in [0.2, 0.25) is 0 Å². The molecule has 0 aliphatic carbocycles. The van der Waals surface area contributed by atoms with Gasteiger partial charge in [-0.3, -0.25) is 0 Å². The van der Waals surface area contributed by atoms with E-state index < -0.39 is 0 Å². The maximum absolute atomic E-state index is 5.49. The fourth-order valence-electron chi connectivity index (χ4n) is 2.83. The Labute approximate surface area is 140 Å². The molecule has 1 aromatic carbocycles. The standard InChI is InChI=1S/C18H21N3OS/c1-13-15(18(22-3)21(2)20-13)12-19-17(16-10-7-11-23-16)14-8-5-4-6-9-14/h4-11,17,19H,12H2,1-3H3. The molecule has 4 nitrogen and oxygen atoms in total. The minimum absolute atomic E-state index is 0.167. The van der Waals surface area contributed by atoms with Crippen molar-refractivity contribution in [2.75, 3.05) is 7.11 Å². The van der Waals surface area contributed by atoms with E-state index in [-0.39, 0.29) is 6.04 Å². The first-order chi connectivity index (χ1) is 11.2. The van der Waals surface area contributed by atoms with Gasteiger partial charge in [0, 0.05) is 18.5 Å². The van der Waals surface area contributed by atoms with Crippen molar-refractivity contribution in [3.8, 4) is 5.88 Å². The van der Waals surface area contributed by atoms with Crippen molar-refractivity contribution in [2.45, 2.75) is 19.5 Å². The molecule has 0 spiro atoms. The first-order valence-corrected chi connectivity index (χ1v) is 8.47. The molecule has 120 valence electrons. The Hall–Kier alpha value is -2.11. The molecule has 3 rings (SSSR count). The van der Waals surface area contributed by atoms with Gasteiger partial charge in [0.05, 0.1) is 24.4 Å². The highest BCUT2D eigenvalue weighted by Gasteiger charge is 2.18. The van der Waals surface area contributed by atoms with Crippen LogP contribution in [-0.4, -0.2) is 16.9 Å². The SMILES string of the molecule is COc1c(CNC(c2ccccc2)c2cccs2)c(C)nn1C. The van der Waals surface area contributed by atoms with Crippen LogP contribution in [0.4, 0.5) is 0 Å². The third-order valence-electron chi connectivity index (χ3n) is 3.93. The van der Waals surface area contributed by atoms with Gasteiger partial charge in [-0.05, 0) is 23.9 Å². The highest BCUT2D eigenvalue weighted by atomic mass is 32.1. The van der Waals surface area contributed by atoms with Crippen LogP contribution in [0.3, 0.4) is 0 Å². The summed E-state index contributed by atoms with van der Waals surface area (Å²) in [5.41, 5.74) is 3.36. The molecule has 3 aromatic rings. The van der Waals surface area contributed by atoms with Crippen LogP contribution in [0.1, 0.15) is 27.7 Å². The fourth-order valence-corrected chi connectivity index (χ4v) is 3.65. The number of rotatable bonds is 6. The lowest BCUT2D eigenvalue weighted by Gasteiger charge is -2.18. The topological polar surface area (TPSA) is 39.1 Å². The lowest BCUT2D eigenvalue weighted by molar-refractivity contribution is 0.367. The second kappa shape index (κ2) is 6.98. The molecule has 0 fully saturated rings. The van der Waals surface area contributed by atoms with Crippen LogP contribution in [0.15, 0.2) is 47.8 Å². The number of thiophene rings is 1. The largest absolute Gasteiger partial charge is 0.481 e. The normalized spacial score (nSPS) is 12.3. The van der Waals surface area contributed by atoms with Crippen LogP contribution >= 0.6 is 11.3 Å². The number of aryl methyl sites for hydroxylation is 2. The highest BCUT2D eigenvalue weighted by Crippen LogP contribution is 2.28. The number of nitrogens with zero attached hydrogens (tertiary/aromatic N) is 2. The summed E-state index contributed by atoms with van der Waals surface area (Å²) in [5.74, 6) is 0.813. The van der Waals surface area contributed by atoms with Gasteiger partial charge in [-0.2, -0.15) is 5.10 Å². The van der Waals surface area contributed by atoms with E-state index in [1.165, 1.54) is 10.4 Å². The Kier molecular flexibility index (Phi) is 4.79. The second-order valence-corrected chi connectivity index (χ2v) is 6.42. The number of aromatic nitrogens is 2. The van der Waals surface area contributed by atoms with E-state index in [9.17, 15) is 0 Å². The Morgan fingerprint density at radius 3 is 2.65 bits per heavy atom. The van der Waals surface area contributed by atoms with Gasteiger partial charge in [0.2, 0.25) is 5.88 Å². The summed E-state index contributed by atoms with van der Waals surface area (Å²) in [5, 5.41) is 10.2. The van der Waals surface area contributed by atoms with Gasteiger partial charge in [-0.25, -0.2) is 4.68 Å². The maximum Gasteiger partial charge on any atom is 0.216 e. The summed E-state index contributed by atoms with van der Waals surface area (Å²) >= 11 is 1.77. The second-order valence-electron chi connectivity index (χ2n) is 5.44. The summed E-state index contributed by atoms with van der Waals surface area (Å²) in [7, 11) is 3.59. The van der Waals surface area contributed by atoms with E-state index in [0.29, 0.717) is 6.54 Å². The van der Waals surface area contributed by atoms with E-state index in [1.54, 1.807) is 23.1 Å². The number of hydrogen-bond acceptors (Lipinski definition) is 4. The molecule has 0 saturated heterocycles. The van der Waals surface area contributed by atoms with Gasteiger partial charge in [0.15, 0.2) is 0 Å². The van der Waals surface area contributed by atoms with Crippen LogP contribution in [0.5, 0.6) is 5.88 Å². The van der Waals surface area contributed by atoms with Gasteiger partial charge >= 0.3 is 0 Å². The molecule has 0 amide bonds. The third kappa shape index (κ3) is 3.30. The average molecular weight is 327 g/mol. The maximum atomic E-state index is 5.49. The van der Waals surface area contributed by atoms with Crippen LogP contribution in [0.25, 0.3) is 0 Å². The number of hydrogen-bond donors (Lipinski definition) is 1. The van der Waals surface area contributed by atoms with Gasteiger partial charge in [-0.1, -0.05) is 36.4 Å². The molecule has 2 aromatic heterocycles. The Morgan fingerprint density at radius 1 is 1.22 bits per heavy atom. The molecular formula is C18H21N3OS. The molecule has 0 aliphatic rings. The monoisotopic (exact) mass is 327 g/mol. The number of methoxy groups -OCH3 is 1. The quantitative estimate of drug-likeness (QED) is 0.751. The summed E-state index contributed by atoms with van der Waals surface area (Å²) in [6, 6.07) is 14.9. The highest BCUT2D eigenvalue weighted by molar-refractivity contribution is 7.10. The lowest BCUT2D eigenvalue weighted by Crippen LogP contribution is -2.21. The van der Waals surface area contributed by atoms with Crippen molar-refractivity contribution in [1.29, 1.82) is 0 Å². The predicted octanol–water partition coefficient (Wildman–Crippen LogP) is 3.68. The Morgan fingerprint density at radius 2 is 2.00 bits per heavy atom. The van der Waals surface area contributed by atoms with Crippen molar-refractivity contribution in [2.24, 2.45) is 7.05 Å². The fraction of sp³-hybridized carbons (Fsp3) is 0.278. The zero-order valence-corrected chi connectivity index (χ0v) is 14.4. The van der Waals surface area contributed by atoms with E-state index >= 15 is 0 Å². The van der Waals surface area contributed by atoms with E-state index in [2.05, 4.69) is 52.2 Å². The average Bonchev–Trinajstić information content (AvgIpc) is 3.17. The summed E-state index contributed by atoms with van der Waals surface area (Å²) in [6.07, 6.45) is 0. The van der Waals surface area contributed by atoms with Crippen molar-refractivity contribution in [1.82, 2.24) is 15.1 Å². The first kappa shape index (κ1) is 15.8. The molecule has 0 radical (unpaired) electrons. The summed E-state index contributed by atoms with van der Waals surface area (Å²) < 4.78 is 7.28. The Balaban J connectivity index is 1.86. The number of ether oxygens (including phenoxy) is 1. The van der Waals surface area contributed by atoms with Gasteiger partial charge in [-0.15, -0.1) is 11.3 Å². The molecule has 0 bridgehead atoms. The van der Waals surface area contributed by atoms with Crippen molar-refractivity contribution in [3.05, 3.63) is 69.5 Å². The van der Waals surface area contributed by atoms with Crippen molar-refractivity contribution in [3.63, 3.8) is 0 Å². The van der Waals surface area contributed by atoms with Crippen LogP contribution < -0.4 is 10.1 Å². The molecule has 2 heterocycles. The van der Waals surface area contributed by atoms with E-state index in [4.69, 9.17) is 4.74 Å². The van der Waals surface area contributed by atoms with Crippen LogP contribution in [0, 0.1) is 6.92 Å². The third-order valence-corrected chi connectivity index (χ3v) is 4.86.